The number of pyridine rings is 2. The lowest BCUT2D eigenvalue weighted by atomic mass is 10.0. The molecular weight excluding hydrogens is 400 g/mol. The Hall–Kier alpha value is -2.64. The van der Waals surface area contributed by atoms with Gasteiger partial charge in [-0.1, -0.05) is 34.1 Å². The smallest absolute Gasteiger partial charge is 0.261 e. The number of H-pyrrole nitrogens is 2. The Balaban J connectivity index is 2.14. The van der Waals surface area contributed by atoms with Crippen molar-refractivity contribution in [1.29, 1.82) is 0 Å². The van der Waals surface area contributed by atoms with E-state index in [1.807, 2.05) is 42.5 Å². The Labute approximate surface area is 155 Å². The van der Waals surface area contributed by atoms with Crippen LogP contribution < -0.4 is 5.56 Å². The zero-order valence-electron chi connectivity index (χ0n) is 12.8. The van der Waals surface area contributed by atoms with E-state index in [1.54, 1.807) is 12.4 Å². The quantitative estimate of drug-likeness (QED) is 0.478. The van der Waals surface area contributed by atoms with Crippen LogP contribution in [-0.2, 0) is 0 Å². The SMILES string of the molecule is O=c1[nH]c(=S)[nH]c2nc(-c3cccnc3)cc(-c3ccccc3Br)c12. The van der Waals surface area contributed by atoms with Crippen molar-refractivity contribution < 1.29 is 0 Å². The van der Waals surface area contributed by atoms with Crippen LogP contribution in [0.25, 0.3) is 33.4 Å². The average Bonchev–Trinajstić information content (AvgIpc) is 2.61. The van der Waals surface area contributed by atoms with E-state index in [0.29, 0.717) is 16.7 Å². The Bertz CT molecular complexity index is 1200. The van der Waals surface area contributed by atoms with E-state index >= 15 is 0 Å². The Morgan fingerprint density at radius 2 is 1.88 bits per heavy atom. The van der Waals surface area contributed by atoms with Crippen molar-refractivity contribution in [3.63, 3.8) is 0 Å². The summed E-state index contributed by atoms with van der Waals surface area (Å²) in [6.07, 6.45) is 3.44. The number of aromatic nitrogens is 4. The molecule has 0 aliphatic rings. The van der Waals surface area contributed by atoms with Crippen LogP contribution in [0.15, 0.2) is 64.1 Å². The van der Waals surface area contributed by atoms with Gasteiger partial charge in [-0.3, -0.25) is 14.8 Å². The van der Waals surface area contributed by atoms with Gasteiger partial charge in [0, 0.05) is 28.0 Å². The number of nitrogens with one attached hydrogen (secondary N) is 2. The maximum absolute atomic E-state index is 12.5. The van der Waals surface area contributed by atoms with Gasteiger partial charge < -0.3 is 4.98 Å². The number of benzene rings is 1. The summed E-state index contributed by atoms with van der Waals surface area (Å²) in [6.45, 7) is 0. The molecule has 25 heavy (non-hydrogen) atoms. The minimum atomic E-state index is -0.269. The highest BCUT2D eigenvalue weighted by Gasteiger charge is 2.15. The molecule has 4 rings (SSSR count). The summed E-state index contributed by atoms with van der Waals surface area (Å²) < 4.78 is 1.13. The van der Waals surface area contributed by atoms with Gasteiger partial charge in [0.15, 0.2) is 4.77 Å². The van der Waals surface area contributed by atoms with Crippen molar-refractivity contribution in [3.8, 4) is 22.4 Å². The van der Waals surface area contributed by atoms with Gasteiger partial charge in [0.25, 0.3) is 5.56 Å². The van der Waals surface area contributed by atoms with Crippen LogP contribution >= 0.6 is 28.1 Å². The van der Waals surface area contributed by atoms with Gasteiger partial charge in [-0.2, -0.15) is 0 Å². The molecule has 5 nitrogen and oxygen atoms in total. The van der Waals surface area contributed by atoms with E-state index in [4.69, 9.17) is 12.2 Å². The van der Waals surface area contributed by atoms with E-state index in [9.17, 15) is 4.79 Å². The highest BCUT2D eigenvalue weighted by atomic mass is 79.9. The summed E-state index contributed by atoms with van der Waals surface area (Å²) in [7, 11) is 0. The molecule has 0 aliphatic carbocycles. The summed E-state index contributed by atoms with van der Waals surface area (Å²) in [6, 6.07) is 13.4. The van der Waals surface area contributed by atoms with Crippen LogP contribution in [0.3, 0.4) is 0 Å². The summed E-state index contributed by atoms with van der Waals surface area (Å²) in [5, 5.41) is 0.466. The number of hydrogen-bond donors (Lipinski definition) is 2. The molecule has 0 spiro atoms. The maximum atomic E-state index is 12.5. The Kier molecular flexibility index (Phi) is 4.03. The number of halogens is 1. The predicted octanol–water partition coefficient (Wildman–Crippen LogP) is 4.47. The second-order valence-corrected chi connectivity index (χ2v) is 6.67. The summed E-state index contributed by atoms with van der Waals surface area (Å²) in [4.78, 5) is 26.9. The third kappa shape index (κ3) is 2.92. The second kappa shape index (κ2) is 6.34. The summed E-state index contributed by atoms with van der Waals surface area (Å²) >= 11 is 8.66. The van der Waals surface area contributed by atoms with Crippen molar-refractivity contribution in [2.45, 2.75) is 0 Å². The predicted molar refractivity (Wildman–Crippen MR) is 104 cm³/mol. The van der Waals surface area contributed by atoms with Crippen molar-refractivity contribution in [2.24, 2.45) is 0 Å². The maximum Gasteiger partial charge on any atom is 0.261 e. The van der Waals surface area contributed by atoms with Gasteiger partial charge in [0.05, 0.1) is 11.1 Å². The molecule has 122 valence electrons. The molecular formula is C18H11BrN4OS. The van der Waals surface area contributed by atoms with Crippen LogP contribution in [0, 0.1) is 4.77 Å². The van der Waals surface area contributed by atoms with E-state index in [1.165, 1.54) is 0 Å². The van der Waals surface area contributed by atoms with Crippen molar-refractivity contribution in [1.82, 2.24) is 19.9 Å². The lowest BCUT2D eigenvalue weighted by molar-refractivity contribution is 1.11. The fraction of sp³-hybridized carbons (Fsp3) is 0. The molecule has 2 N–H and O–H groups in total. The van der Waals surface area contributed by atoms with Gasteiger partial charge >= 0.3 is 0 Å². The number of rotatable bonds is 2. The lowest BCUT2D eigenvalue weighted by Gasteiger charge is -2.11. The molecule has 0 unspecified atom stereocenters. The third-order valence-corrected chi connectivity index (χ3v) is 4.72. The van der Waals surface area contributed by atoms with E-state index in [0.717, 1.165) is 21.2 Å². The number of aromatic amines is 2. The normalized spacial score (nSPS) is 10.9. The van der Waals surface area contributed by atoms with Gasteiger partial charge in [0.2, 0.25) is 0 Å². The average molecular weight is 411 g/mol. The van der Waals surface area contributed by atoms with Crippen molar-refractivity contribution in [3.05, 3.63) is 74.5 Å². The Morgan fingerprint density at radius 1 is 1.04 bits per heavy atom. The van der Waals surface area contributed by atoms with Gasteiger partial charge in [-0.15, -0.1) is 0 Å². The van der Waals surface area contributed by atoms with E-state index in [2.05, 4.69) is 35.9 Å². The van der Waals surface area contributed by atoms with Gasteiger partial charge in [-0.25, -0.2) is 4.98 Å². The molecule has 3 heterocycles. The standard InChI is InChI=1S/C18H11BrN4OS/c19-13-6-2-1-5-11(13)12-8-14(10-4-3-7-20-9-10)21-16-15(12)17(24)23-18(25)22-16/h1-9H,(H2,21,22,23,24,25). The summed E-state index contributed by atoms with van der Waals surface area (Å²) in [5.41, 5.74) is 3.41. The Morgan fingerprint density at radius 3 is 2.64 bits per heavy atom. The van der Waals surface area contributed by atoms with Crippen LogP contribution in [0.5, 0.6) is 0 Å². The van der Waals surface area contributed by atoms with Crippen molar-refractivity contribution in [2.75, 3.05) is 0 Å². The molecule has 1 aromatic carbocycles. The summed E-state index contributed by atoms with van der Waals surface area (Å²) in [5.74, 6) is 0. The van der Waals surface area contributed by atoms with E-state index < -0.39 is 0 Å². The third-order valence-electron chi connectivity index (χ3n) is 3.83. The molecule has 0 bridgehead atoms. The number of hydrogen-bond acceptors (Lipinski definition) is 4. The minimum absolute atomic E-state index is 0.242. The first-order valence-corrected chi connectivity index (χ1v) is 8.66. The highest BCUT2D eigenvalue weighted by Crippen LogP contribution is 2.33. The first-order valence-electron chi connectivity index (χ1n) is 7.46. The number of fused-ring (bicyclic) bond motifs is 1. The zero-order valence-corrected chi connectivity index (χ0v) is 15.2. The van der Waals surface area contributed by atoms with Crippen LogP contribution in [0.4, 0.5) is 0 Å². The largest absolute Gasteiger partial charge is 0.316 e. The van der Waals surface area contributed by atoms with Crippen LogP contribution in [-0.4, -0.2) is 19.9 Å². The lowest BCUT2D eigenvalue weighted by Crippen LogP contribution is -2.10. The molecule has 0 aliphatic heterocycles. The molecule has 0 atom stereocenters. The van der Waals surface area contributed by atoms with Gasteiger partial charge in [0.1, 0.15) is 5.65 Å². The van der Waals surface area contributed by atoms with E-state index in [-0.39, 0.29) is 10.3 Å². The first-order chi connectivity index (χ1) is 12.1. The highest BCUT2D eigenvalue weighted by molar-refractivity contribution is 9.10. The topological polar surface area (TPSA) is 74.4 Å². The molecule has 7 heteroatoms. The zero-order chi connectivity index (χ0) is 17.4. The number of nitrogens with zero attached hydrogens (tertiary/aromatic N) is 2. The van der Waals surface area contributed by atoms with Crippen molar-refractivity contribution >= 4 is 39.2 Å². The second-order valence-electron chi connectivity index (χ2n) is 5.41. The first kappa shape index (κ1) is 15.9. The fourth-order valence-electron chi connectivity index (χ4n) is 2.72. The molecule has 4 aromatic rings. The fourth-order valence-corrected chi connectivity index (χ4v) is 3.41. The van der Waals surface area contributed by atoms with Gasteiger partial charge in [-0.05, 0) is 42.0 Å². The molecule has 0 saturated heterocycles. The molecule has 0 radical (unpaired) electrons. The monoisotopic (exact) mass is 410 g/mol. The van der Waals surface area contributed by atoms with Crippen LogP contribution in [0.1, 0.15) is 0 Å². The molecule has 0 fully saturated rings. The molecule has 0 saturated carbocycles. The minimum Gasteiger partial charge on any atom is -0.316 e. The molecule has 0 amide bonds. The van der Waals surface area contributed by atoms with Crippen LogP contribution in [0.2, 0.25) is 0 Å². The molecule has 3 aromatic heterocycles.